The smallest absolute Gasteiger partial charge is 0.137 e. The Morgan fingerprint density at radius 3 is 2.35 bits per heavy atom. The third-order valence-electron chi connectivity index (χ3n) is 2.88. The van der Waals surface area contributed by atoms with Gasteiger partial charge in [0.25, 0.3) is 0 Å². The second kappa shape index (κ2) is 7.59. The molecule has 0 amide bonds. The molecule has 0 unspecified atom stereocenters. The van der Waals surface area contributed by atoms with Gasteiger partial charge in [0.05, 0.1) is 11.6 Å². The van der Waals surface area contributed by atoms with E-state index in [9.17, 15) is 0 Å². The van der Waals surface area contributed by atoms with Gasteiger partial charge in [-0.3, -0.25) is 0 Å². The van der Waals surface area contributed by atoms with Crippen LogP contribution in [0.5, 0.6) is 5.75 Å². The highest BCUT2D eigenvalue weighted by molar-refractivity contribution is 9.11. The van der Waals surface area contributed by atoms with E-state index in [1.807, 2.05) is 24.3 Å². The van der Waals surface area contributed by atoms with E-state index < -0.39 is 0 Å². The molecule has 2 rings (SSSR count). The highest BCUT2D eigenvalue weighted by Crippen LogP contribution is 2.32. The number of halogens is 3. The molecule has 0 spiro atoms. The summed E-state index contributed by atoms with van der Waals surface area (Å²) in [6.07, 6.45) is 0. The summed E-state index contributed by atoms with van der Waals surface area (Å²) in [6.45, 7) is 1.54. The zero-order valence-corrected chi connectivity index (χ0v) is 15.7. The van der Waals surface area contributed by atoms with Crippen molar-refractivity contribution in [1.29, 1.82) is 0 Å². The van der Waals surface area contributed by atoms with E-state index >= 15 is 0 Å². The Morgan fingerprint density at radius 1 is 0.950 bits per heavy atom. The van der Waals surface area contributed by atoms with Gasteiger partial charge in [-0.2, -0.15) is 0 Å². The molecule has 0 saturated carbocycles. The molecule has 0 heterocycles. The van der Waals surface area contributed by atoms with Crippen LogP contribution in [0.3, 0.4) is 0 Å². The third kappa shape index (κ3) is 4.07. The van der Waals surface area contributed by atoms with Gasteiger partial charge < -0.3 is 10.1 Å². The van der Waals surface area contributed by atoms with Gasteiger partial charge in [0.2, 0.25) is 0 Å². The molecule has 106 valence electrons. The molecule has 0 bridgehead atoms. The summed E-state index contributed by atoms with van der Waals surface area (Å²) < 4.78 is 8.54. The standard InChI is InChI=1S/C15H14Br3NO/c1-20-15-11(6-12(16)7-14(15)18)9-19-8-10-4-2-3-5-13(10)17/h2-7,19H,8-9H2,1H3. The first-order chi connectivity index (χ1) is 9.61. The number of ether oxygens (including phenoxy) is 1. The number of hydrogen-bond acceptors (Lipinski definition) is 2. The molecule has 0 aromatic heterocycles. The summed E-state index contributed by atoms with van der Waals surface area (Å²) >= 11 is 10.6. The first-order valence-electron chi connectivity index (χ1n) is 6.08. The van der Waals surface area contributed by atoms with Gasteiger partial charge in [0, 0.05) is 27.6 Å². The van der Waals surface area contributed by atoms with Crippen LogP contribution in [0.2, 0.25) is 0 Å². The van der Waals surface area contributed by atoms with Gasteiger partial charge in [0.15, 0.2) is 0 Å². The van der Waals surface area contributed by atoms with Crippen molar-refractivity contribution in [3.63, 3.8) is 0 Å². The molecule has 0 saturated heterocycles. The summed E-state index contributed by atoms with van der Waals surface area (Å²) in [5, 5.41) is 3.44. The van der Waals surface area contributed by atoms with Crippen molar-refractivity contribution in [3.8, 4) is 5.75 Å². The first-order valence-corrected chi connectivity index (χ1v) is 8.45. The maximum Gasteiger partial charge on any atom is 0.137 e. The lowest BCUT2D eigenvalue weighted by atomic mass is 10.2. The monoisotopic (exact) mass is 461 g/mol. The summed E-state index contributed by atoms with van der Waals surface area (Å²) in [6, 6.07) is 12.3. The molecule has 1 N–H and O–H groups in total. The lowest BCUT2D eigenvalue weighted by Crippen LogP contribution is -2.14. The van der Waals surface area contributed by atoms with E-state index in [4.69, 9.17) is 4.74 Å². The second-order valence-electron chi connectivity index (χ2n) is 4.27. The van der Waals surface area contributed by atoms with Gasteiger partial charge in [-0.25, -0.2) is 0 Å². The van der Waals surface area contributed by atoms with Gasteiger partial charge in [-0.1, -0.05) is 50.1 Å². The van der Waals surface area contributed by atoms with Gasteiger partial charge in [-0.15, -0.1) is 0 Å². The van der Waals surface area contributed by atoms with Crippen LogP contribution in [0.15, 0.2) is 49.8 Å². The normalized spacial score (nSPS) is 10.6. The van der Waals surface area contributed by atoms with E-state index in [1.165, 1.54) is 5.56 Å². The molecular weight excluding hydrogens is 450 g/mol. The average molecular weight is 464 g/mol. The summed E-state index contributed by atoms with van der Waals surface area (Å²) in [5.74, 6) is 0.868. The summed E-state index contributed by atoms with van der Waals surface area (Å²) in [5.41, 5.74) is 2.35. The molecule has 0 aliphatic carbocycles. The minimum atomic E-state index is 0.739. The molecular formula is C15H14Br3NO. The molecule has 0 fully saturated rings. The van der Waals surface area contributed by atoms with Crippen molar-refractivity contribution in [2.45, 2.75) is 13.1 Å². The number of benzene rings is 2. The van der Waals surface area contributed by atoms with E-state index in [1.54, 1.807) is 7.11 Å². The minimum Gasteiger partial charge on any atom is -0.495 e. The zero-order chi connectivity index (χ0) is 14.5. The lowest BCUT2D eigenvalue weighted by molar-refractivity contribution is 0.405. The van der Waals surface area contributed by atoms with Crippen LogP contribution < -0.4 is 10.1 Å². The van der Waals surface area contributed by atoms with Crippen LogP contribution in [0.1, 0.15) is 11.1 Å². The van der Waals surface area contributed by atoms with E-state index in [0.29, 0.717) is 0 Å². The fraction of sp³-hybridized carbons (Fsp3) is 0.200. The van der Waals surface area contributed by atoms with Crippen LogP contribution in [-0.4, -0.2) is 7.11 Å². The quantitative estimate of drug-likeness (QED) is 0.652. The number of nitrogens with one attached hydrogen (secondary N) is 1. The third-order valence-corrected chi connectivity index (χ3v) is 4.70. The maximum absolute atomic E-state index is 5.44. The van der Waals surface area contributed by atoms with Crippen LogP contribution in [0.25, 0.3) is 0 Å². The predicted octanol–water partition coefficient (Wildman–Crippen LogP) is 5.27. The zero-order valence-electron chi connectivity index (χ0n) is 10.9. The number of hydrogen-bond donors (Lipinski definition) is 1. The van der Waals surface area contributed by atoms with Gasteiger partial charge in [0.1, 0.15) is 5.75 Å². The van der Waals surface area contributed by atoms with E-state index in [-0.39, 0.29) is 0 Å². The highest BCUT2D eigenvalue weighted by atomic mass is 79.9. The molecule has 0 atom stereocenters. The van der Waals surface area contributed by atoms with Crippen molar-refractivity contribution < 1.29 is 4.74 Å². The Balaban J connectivity index is 2.06. The Kier molecular flexibility index (Phi) is 6.08. The van der Waals surface area contributed by atoms with E-state index in [0.717, 1.165) is 37.8 Å². The first kappa shape index (κ1) is 16.0. The molecule has 20 heavy (non-hydrogen) atoms. The maximum atomic E-state index is 5.44. The Morgan fingerprint density at radius 2 is 1.65 bits per heavy atom. The van der Waals surface area contributed by atoms with Gasteiger partial charge >= 0.3 is 0 Å². The topological polar surface area (TPSA) is 21.3 Å². The van der Waals surface area contributed by atoms with Crippen LogP contribution in [0.4, 0.5) is 0 Å². The van der Waals surface area contributed by atoms with Crippen molar-refractivity contribution >= 4 is 47.8 Å². The molecule has 0 aliphatic rings. The van der Waals surface area contributed by atoms with E-state index in [2.05, 4.69) is 65.2 Å². The van der Waals surface area contributed by atoms with Crippen LogP contribution in [0, 0.1) is 0 Å². The average Bonchev–Trinajstić information content (AvgIpc) is 2.40. The molecule has 0 radical (unpaired) electrons. The van der Waals surface area contributed by atoms with Crippen molar-refractivity contribution in [1.82, 2.24) is 5.32 Å². The summed E-state index contributed by atoms with van der Waals surface area (Å²) in [7, 11) is 1.69. The lowest BCUT2D eigenvalue weighted by Gasteiger charge is -2.12. The number of methoxy groups -OCH3 is 1. The fourth-order valence-electron chi connectivity index (χ4n) is 1.95. The molecule has 0 aliphatic heterocycles. The Bertz CT molecular complexity index is 602. The molecule has 2 aromatic rings. The van der Waals surface area contributed by atoms with Crippen LogP contribution >= 0.6 is 47.8 Å². The summed E-state index contributed by atoms with van der Waals surface area (Å²) in [4.78, 5) is 0. The van der Waals surface area contributed by atoms with Crippen LogP contribution in [-0.2, 0) is 13.1 Å². The minimum absolute atomic E-state index is 0.739. The second-order valence-corrected chi connectivity index (χ2v) is 6.90. The van der Waals surface area contributed by atoms with Crippen molar-refractivity contribution in [3.05, 3.63) is 60.9 Å². The molecule has 2 aromatic carbocycles. The SMILES string of the molecule is COc1c(Br)cc(Br)cc1CNCc1ccccc1Br. The van der Waals surface area contributed by atoms with Crippen molar-refractivity contribution in [2.75, 3.05) is 7.11 Å². The highest BCUT2D eigenvalue weighted by Gasteiger charge is 2.09. The van der Waals surface area contributed by atoms with Crippen molar-refractivity contribution in [2.24, 2.45) is 0 Å². The fourth-order valence-corrected chi connectivity index (χ4v) is 3.85. The Hall–Kier alpha value is -0.360. The Labute approximate surface area is 144 Å². The molecule has 5 heteroatoms. The number of rotatable bonds is 5. The van der Waals surface area contributed by atoms with Gasteiger partial charge in [-0.05, 0) is 39.7 Å². The predicted molar refractivity (Wildman–Crippen MR) is 93.1 cm³/mol. The molecule has 2 nitrogen and oxygen atoms in total. The largest absolute Gasteiger partial charge is 0.495 e.